The highest BCUT2D eigenvalue weighted by molar-refractivity contribution is 5.78. The second-order valence-electron chi connectivity index (χ2n) is 6.81. The van der Waals surface area contributed by atoms with Crippen molar-refractivity contribution in [2.45, 2.75) is 31.5 Å². The average Bonchev–Trinajstić information content (AvgIpc) is 3.33. The van der Waals surface area contributed by atoms with E-state index in [4.69, 9.17) is 4.74 Å². The third-order valence-electron chi connectivity index (χ3n) is 5.00. The first-order valence-electron chi connectivity index (χ1n) is 8.97. The summed E-state index contributed by atoms with van der Waals surface area (Å²) < 4.78 is 7.55. The molecule has 4 rings (SSSR count). The number of ether oxygens (including phenoxy) is 1. The van der Waals surface area contributed by atoms with E-state index in [9.17, 15) is 4.79 Å². The fourth-order valence-corrected chi connectivity index (χ4v) is 3.76. The number of aromatic nitrogens is 2. The largest absolute Gasteiger partial charge is 0.376 e. The first kappa shape index (κ1) is 16.3. The van der Waals surface area contributed by atoms with Gasteiger partial charge in [-0.15, -0.1) is 0 Å². The Morgan fingerprint density at radius 1 is 1.32 bits per heavy atom. The molecule has 0 spiro atoms. The summed E-state index contributed by atoms with van der Waals surface area (Å²) in [6.07, 6.45) is 6.11. The topological polar surface area (TPSA) is 59.4 Å². The number of fused-ring (bicyclic) bond motifs is 1. The van der Waals surface area contributed by atoms with Crippen LogP contribution >= 0.6 is 0 Å². The van der Waals surface area contributed by atoms with Crippen LogP contribution in [0.1, 0.15) is 30.0 Å². The van der Waals surface area contributed by atoms with Crippen molar-refractivity contribution in [3.63, 3.8) is 0 Å². The molecule has 6 heteroatoms. The lowest BCUT2D eigenvalue weighted by Gasteiger charge is -2.34. The van der Waals surface area contributed by atoms with Crippen LogP contribution in [-0.2, 0) is 16.1 Å². The number of benzene rings is 1. The van der Waals surface area contributed by atoms with Crippen molar-refractivity contribution >= 4 is 5.91 Å². The van der Waals surface area contributed by atoms with Gasteiger partial charge in [-0.25, -0.2) is 0 Å². The summed E-state index contributed by atoms with van der Waals surface area (Å²) >= 11 is 0. The van der Waals surface area contributed by atoms with E-state index < -0.39 is 0 Å². The highest BCUT2D eigenvalue weighted by Crippen LogP contribution is 2.28. The van der Waals surface area contributed by atoms with Gasteiger partial charge in [0.05, 0.1) is 18.7 Å². The summed E-state index contributed by atoms with van der Waals surface area (Å²) in [4.78, 5) is 14.5. The van der Waals surface area contributed by atoms with Gasteiger partial charge in [0.15, 0.2) is 0 Å². The number of nitrogens with zero attached hydrogens (tertiary/aromatic N) is 3. The lowest BCUT2D eigenvalue weighted by molar-refractivity contribution is -0.123. The summed E-state index contributed by atoms with van der Waals surface area (Å²) in [7, 11) is 0. The molecule has 1 aromatic heterocycles. The molecule has 0 saturated carbocycles. The summed E-state index contributed by atoms with van der Waals surface area (Å²) in [5.74, 6) is 0.0640. The summed E-state index contributed by atoms with van der Waals surface area (Å²) in [6, 6.07) is 10.5. The monoisotopic (exact) mass is 340 g/mol. The van der Waals surface area contributed by atoms with E-state index >= 15 is 0 Å². The Labute approximate surface area is 147 Å². The van der Waals surface area contributed by atoms with Crippen LogP contribution in [0.25, 0.3) is 0 Å². The minimum absolute atomic E-state index is 0.0640. The van der Waals surface area contributed by atoms with E-state index in [-0.39, 0.29) is 18.1 Å². The van der Waals surface area contributed by atoms with E-state index in [1.165, 1.54) is 11.1 Å². The maximum atomic E-state index is 12.3. The molecule has 1 fully saturated rings. The van der Waals surface area contributed by atoms with Gasteiger partial charge in [0.25, 0.3) is 0 Å². The van der Waals surface area contributed by atoms with Crippen molar-refractivity contribution in [2.24, 2.45) is 0 Å². The Hall–Kier alpha value is -2.18. The number of hydrogen-bond acceptors (Lipinski definition) is 4. The molecule has 0 radical (unpaired) electrons. The normalized spacial score (nSPS) is 23.4. The van der Waals surface area contributed by atoms with Crippen molar-refractivity contribution in [1.82, 2.24) is 20.0 Å². The molecule has 1 aromatic carbocycles. The van der Waals surface area contributed by atoms with Crippen molar-refractivity contribution in [1.29, 1.82) is 0 Å². The van der Waals surface area contributed by atoms with E-state index in [1.807, 2.05) is 16.9 Å². The Morgan fingerprint density at radius 2 is 2.24 bits per heavy atom. The Morgan fingerprint density at radius 3 is 3.04 bits per heavy atom. The van der Waals surface area contributed by atoms with E-state index in [0.717, 1.165) is 32.5 Å². The predicted octanol–water partition coefficient (Wildman–Crippen LogP) is 1.58. The molecule has 2 aliphatic heterocycles. The van der Waals surface area contributed by atoms with Crippen LogP contribution in [0.3, 0.4) is 0 Å². The number of hydrogen-bond donors (Lipinski definition) is 1. The summed E-state index contributed by atoms with van der Waals surface area (Å²) in [5.41, 5.74) is 2.56. The first-order chi connectivity index (χ1) is 12.3. The van der Waals surface area contributed by atoms with E-state index in [1.54, 1.807) is 6.20 Å². The molecule has 6 nitrogen and oxygen atoms in total. The predicted molar refractivity (Wildman–Crippen MR) is 94.1 cm³/mol. The molecule has 1 N–H and O–H groups in total. The van der Waals surface area contributed by atoms with Crippen LogP contribution in [0.5, 0.6) is 0 Å². The number of carbonyl (C=O) groups excluding carboxylic acids is 1. The van der Waals surface area contributed by atoms with Crippen molar-refractivity contribution in [2.75, 3.05) is 26.2 Å². The molecule has 1 saturated heterocycles. The SMILES string of the molecule is O=C(CN1Cc2ccccc2[C@H](n2cccn2)C1)NC[C@@H]1CCCO1. The molecule has 0 bridgehead atoms. The zero-order chi connectivity index (χ0) is 17.1. The highest BCUT2D eigenvalue weighted by atomic mass is 16.5. The molecular formula is C19H24N4O2. The molecule has 1 amide bonds. The lowest BCUT2D eigenvalue weighted by Crippen LogP contribution is -2.44. The maximum absolute atomic E-state index is 12.3. The standard InChI is InChI=1S/C19H24N4O2/c24-19(20-11-16-6-3-10-25-16)14-22-12-15-5-1-2-7-17(15)18(13-22)23-9-4-8-21-23/h1-2,4-5,7-9,16,18H,3,6,10-14H2,(H,20,24)/t16-,18+/m0/s1. The van der Waals surface area contributed by atoms with Gasteiger partial charge < -0.3 is 10.1 Å². The van der Waals surface area contributed by atoms with Gasteiger partial charge in [-0.05, 0) is 30.0 Å². The fraction of sp³-hybridized carbons (Fsp3) is 0.474. The summed E-state index contributed by atoms with van der Waals surface area (Å²) in [6.45, 7) is 3.41. The molecule has 2 atom stereocenters. The van der Waals surface area contributed by atoms with Crippen LogP contribution in [0.15, 0.2) is 42.7 Å². The third-order valence-corrected chi connectivity index (χ3v) is 5.00. The zero-order valence-corrected chi connectivity index (χ0v) is 14.3. The molecule has 2 aromatic rings. The van der Waals surface area contributed by atoms with Gasteiger partial charge in [-0.1, -0.05) is 24.3 Å². The third kappa shape index (κ3) is 3.75. The fourth-order valence-electron chi connectivity index (χ4n) is 3.76. The van der Waals surface area contributed by atoms with E-state index in [2.05, 4.69) is 39.6 Å². The molecule has 3 heterocycles. The number of rotatable bonds is 5. The van der Waals surface area contributed by atoms with Gasteiger partial charge in [0.2, 0.25) is 5.91 Å². The van der Waals surface area contributed by atoms with Crippen LogP contribution < -0.4 is 5.32 Å². The van der Waals surface area contributed by atoms with Gasteiger partial charge >= 0.3 is 0 Å². The molecule has 132 valence electrons. The quantitative estimate of drug-likeness (QED) is 0.898. The smallest absolute Gasteiger partial charge is 0.234 e. The molecular weight excluding hydrogens is 316 g/mol. The van der Waals surface area contributed by atoms with Crippen LogP contribution in [0.2, 0.25) is 0 Å². The number of carbonyl (C=O) groups is 1. The molecule has 0 unspecified atom stereocenters. The number of nitrogens with one attached hydrogen (secondary N) is 1. The van der Waals surface area contributed by atoms with E-state index in [0.29, 0.717) is 13.1 Å². The van der Waals surface area contributed by atoms with Crippen molar-refractivity contribution in [3.05, 3.63) is 53.9 Å². The number of amides is 1. The lowest BCUT2D eigenvalue weighted by atomic mass is 9.95. The van der Waals surface area contributed by atoms with Crippen LogP contribution in [0.4, 0.5) is 0 Å². The van der Waals surface area contributed by atoms with Crippen LogP contribution in [-0.4, -0.2) is 52.9 Å². The van der Waals surface area contributed by atoms with Crippen LogP contribution in [0, 0.1) is 0 Å². The molecule has 0 aliphatic carbocycles. The average molecular weight is 340 g/mol. The Kier molecular flexibility index (Phi) is 4.81. The Bertz CT molecular complexity index is 710. The maximum Gasteiger partial charge on any atom is 0.234 e. The first-order valence-corrected chi connectivity index (χ1v) is 8.97. The molecule has 25 heavy (non-hydrogen) atoms. The molecule has 2 aliphatic rings. The van der Waals surface area contributed by atoms with Crippen molar-refractivity contribution < 1.29 is 9.53 Å². The highest BCUT2D eigenvalue weighted by Gasteiger charge is 2.27. The second-order valence-corrected chi connectivity index (χ2v) is 6.81. The minimum atomic E-state index is 0.0640. The van der Waals surface area contributed by atoms with Gasteiger partial charge in [-0.3, -0.25) is 14.4 Å². The van der Waals surface area contributed by atoms with Gasteiger partial charge in [-0.2, -0.15) is 5.10 Å². The second kappa shape index (κ2) is 7.37. The Balaban J connectivity index is 1.42. The van der Waals surface area contributed by atoms with Crippen molar-refractivity contribution in [3.8, 4) is 0 Å². The zero-order valence-electron chi connectivity index (χ0n) is 14.3. The van der Waals surface area contributed by atoms with Gasteiger partial charge in [0, 0.05) is 38.6 Å². The summed E-state index contributed by atoms with van der Waals surface area (Å²) in [5, 5.41) is 7.43. The van der Waals surface area contributed by atoms with Gasteiger partial charge in [0.1, 0.15) is 0 Å². The minimum Gasteiger partial charge on any atom is -0.376 e.